The molecule has 1 unspecified atom stereocenters. The van der Waals surface area contributed by atoms with Gasteiger partial charge in [-0.05, 0) is 22.4 Å². The normalized spacial score (nSPS) is 20.9. The smallest absolute Gasteiger partial charge is 0.208 e. The number of fused-ring (bicyclic) bond motifs is 1. The summed E-state index contributed by atoms with van der Waals surface area (Å²) < 4.78 is 0. The number of rotatable bonds is 2. The van der Waals surface area contributed by atoms with E-state index in [9.17, 15) is 9.70 Å². The van der Waals surface area contributed by atoms with Crippen LogP contribution in [0.3, 0.4) is 0 Å². The van der Waals surface area contributed by atoms with Crippen LogP contribution >= 0.6 is 0 Å². The first-order valence-electron chi connectivity index (χ1n) is 6.01. The fraction of sp³-hybridized carbons (Fsp3) is 0.0625. The fourth-order valence-corrected chi connectivity index (χ4v) is 2.38. The first kappa shape index (κ1) is 11.5. The van der Waals surface area contributed by atoms with Crippen molar-refractivity contribution in [3.8, 4) is 0 Å². The average molecular weight is 249 g/mol. The highest BCUT2D eigenvalue weighted by Gasteiger charge is 2.42. The van der Waals surface area contributed by atoms with Gasteiger partial charge in [-0.25, -0.2) is 0 Å². The molecule has 3 rings (SSSR count). The summed E-state index contributed by atoms with van der Waals surface area (Å²) in [6, 6.07) is 16.2. The molecule has 1 aliphatic rings. The Morgan fingerprint density at radius 1 is 0.895 bits per heavy atom. The molecule has 0 N–H and O–H groups in total. The number of hydrogen-bond donors (Lipinski definition) is 0. The van der Waals surface area contributed by atoms with Gasteiger partial charge in [0.25, 0.3) is 0 Å². The largest absolute Gasteiger partial charge is 0.290 e. The molecule has 0 amide bonds. The third-order valence-corrected chi connectivity index (χ3v) is 3.41. The van der Waals surface area contributed by atoms with E-state index in [1.54, 1.807) is 48.6 Å². The maximum atomic E-state index is 12.6. The van der Waals surface area contributed by atoms with E-state index < -0.39 is 5.54 Å². The van der Waals surface area contributed by atoms with E-state index >= 15 is 0 Å². The van der Waals surface area contributed by atoms with E-state index in [1.807, 2.05) is 18.2 Å². The Balaban J connectivity index is 2.22. The molecule has 0 spiro atoms. The van der Waals surface area contributed by atoms with Crippen molar-refractivity contribution < 1.29 is 4.79 Å². The molecule has 0 saturated carbocycles. The molecule has 19 heavy (non-hydrogen) atoms. The molecule has 3 heteroatoms. The van der Waals surface area contributed by atoms with Gasteiger partial charge < -0.3 is 0 Å². The van der Waals surface area contributed by atoms with E-state index in [-0.39, 0.29) is 5.78 Å². The molecule has 1 atom stereocenters. The van der Waals surface area contributed by atoms with Gasteiger partial charge in [0.15, 0.2) is 0 Å². The molecule has 0 aliphatic heterocycles. The summed E-state index contributed by atoms with van der Waals surface area (Å²) in [7, 11) is 0. The van der Waals surface area contributed by atoms with Gasteiger partial charge in [0, 0.05) is 5.56 Å². The van der Waals surface area contributed by atoms with Crippen molar-refractivity contribution in [2.45, 2.75) is 5.54 Å². The molecule has 92 valence electrons. The number of nitroso groups, excluding NO2 is 1. The molecule has 2 aromatic rings. The van der Waals surface area contributed by atoms with Crippen LogP contribution in [0.5, 0.6) is 0 Å². The van der Waals surface area contributed by atoms with Gasteiger partial charge in [0.2, 0.25) is 11.3 Å². The van der Waals surface area contributed by atoms with Gasteiger partial charge >= 0.3 is 0 Å². The minimum Gasteiger partial charge on any atom is -0.290 e. The summed E-state index contributed by atoms with van der Waals surface area (Å²) in [5, 5.41) is 3.14. The van der Waals surface area contributed by atoms with Gasteiger partial charge in [0.05, 0.1) is 0 Å². The SMILES string of the molecule is O=NC1(c2ccccc2)C=Cc2ccccc2C1=O. The summed E-state index contributed by atoms with van der Waals surface area (Å²) in [6.45, 7) is 0. The quantitative estimate of drug-likeness (QED) is 0.764. The molecule has 0 radical (unpaired) electrons. The summed E-state index contributed by atoms with van der Waals surface area (Å²) in [4.78, 5) is 24.0. The van der Waals surface area contributed by atoms with Crippen LogP contribution in [0, 0.1) is 4.91 Å². The molecule has 0 saturated heterocycles. The van der Waals surface area contributed by atoms with Gasteiger partial charge in [-0.3, -0.25) is 4.79 Å². The van der Waals surface area contributed by atoms with Crippen molar-refractivity contribution in [3.63, 3.8) is 0 Å². The number of hydrogen-bond acceptors (Lipinski definition) is 3. The number of ketones is 1. The molecule has 0 aromatic heterocycles. The Labute approximate surface area is 110 Å². The third kappa shape index (κ3) is 1.63. The van der Waals surface area contributed by atoms with Crippen LogP contribution in [0.25, 0.3) is 6.08 Å². The average Bonchev–Trinajstić information content (AvgIpc) is 2.49. The second-order valence-electron chi connectivity index (χ2n) is 4.47. The Bertz CT molecular complexity index is 676. The van der Waals surface area contributed by atoms with E-state index in [0.717, 1.165) is 5.56 Å². The van der Waals surface area contributed by atoms with Crippen LogP contribution in [-0.2, 0) is 5.54 Å². The first-order valence-corrected chi connectivity index (χ1v) is 6.01. The number of nitrogens with zero attached hydrogens (tertiary/aromatic N) is 1. The minimum atomic E-state index is -1.43. The third-order valence-electron chi connectivity index (χ3n) is 3.41. The zero-order valence-electron chi connectivity index (χ0n) is 10.1. The van der Waals surface area contributed by atoms with Gasteiger partial charge in [-0.2, -0.15) is 0 Å². The second-order valence-corrected chi connectivity index (χ2v) is 4.47. The van der Waals surface area contributed by atoms with E-state index in [2.05, 4.69) is 5.18 Å². The zero-order chi connectivity index (χ0) is 13.3. The van der Waals surface area contributed by atoms with Crippen LogP contribution in [0.1, 0.15) is 21.5 Å². The van der Waals surface area contributed by atoms with Crippen LogP contribution in [-0.4, -0.2) is 5.78 Å². The Morgan fingerprint density at radius 3 is 2.32 bits per heavy atom. The van der Waals surface area contributed by atoms with Crippen LogP contribution in [0.4, 0.5) is 0 Å². The van der Waals surface area contributed by atoms with Crippen molar-refractivity contribution >= 4 is 11.9 Å². The topological polar surface area (TPSA) is 46.5 Å². The lowest BCUT2D eigenvalue weighted by molar-refractivity contribution is 0.0918. The van der Waals surface area contributed by atoms with E-state index in [4.69, 9.17) is 0 Å². The lowest BCUT2D eigenvalue weighted by atomic mass is 9.78. The van der Waals surface area contributed by atoms with Crippen molar-refractivity contribution in [1.29, 1.82) is 0 Å². The molecule has 1 aliphatic carbocycles. The lowest BCUT2D eigenvalue weighted by Gasteiger charge is -2.26. The Kier molecular flexibility index (Phi) is 2.60. The summed E-state index contributed by atoms with van der Waals surface area (Å²) >= 11 is 0. The zero-order valence-corrected chi connectivity index (χ0v) is 10.1. The standard InChI is InChI=1S/C16H11NO2/c18-15-14-9-5-4-6-12(14)10-11-16(15,17-19)13-7-2-1-3-8-13/h1-11H. The predicted molar refractivity (Wildman–Crippen MR) is 73.7 cm³/mol. The predicted octanol–water partition coefficient (Wildman–Crippen LogP) is 3.56. The molecule has 0 bridgehead atoms. The molecular formula is C16H11NO2. The summed E-state index contributed by atoms with van der Waals surface area (Å²) in [6.07, 6.45) is 3.37. The van der Waals surface area contributed by atoms with Crippen molar-refractivity contribution in [2.24, 2.45) is 5.18 Å². The van der Waals surface area contributed by atoms with Crippen LogP contribution in [0.15, 0.2) is 65.9 Å². The van der Waals surface area contributed by atoms with E-state index in [0.29, 0.717) is 11.1 Å². The highest BCUT2D eigenvalue weighted by molar-refractivity contribution is 6.10. The highest BCUT2D eigenvalue weighted by Crippen LogP contribution is 2.36. The number of carbonyl (C=O) groups is 1. The number of benzene rings is 2. The van der Waals surface area contributed by atoms with Crippen molar-refractivity contribution in [2.75, 3.05) is 0 Å². The van der Waals surface area contributed by atoms with Gasteiger partial charge in [-0.1, -0.05) is 60.7 Å². The Hall–Kier alpha value is -2.55. The number of carbonyl (C=O) groups excluding carboxylic acids is 1. The van der Waals surface area contributed by atoms with E-state index in [1.165, 1.54) is 0 Å². The minimum absolute atomic E-state index is 0.271. The maximum Gasteiger partial charge on any atom is 0.208 e. The highest BCUT2D eigenvalue weighted by atomic mass is 16.3. The van der Waals surface area contributed by atoms with Crippen LogP contribution in [0.2, 0.25) is 0 Å². The lowest BCUT2D eigenvalue weighted by Crippen LogP contribution is -2.34. The molecule has 0 heterocycles. The Morgan fingerprint density at radius 2 is 1.58 bits per heavy atom. The fourth-order valence-electron chi connectivity index (χ4n) is 2.38. The van der Waals surface area contributed by atoms with Crippen LogP contribution < -0.4 is 0 Å². The van der Waals surface area contributed by atoms with Crippen molar-refractivity contribution in [1.82, 2.24) is 0 Å². The first-order chi connectivity index (χ1) is 9.28. The molecule has 0 fully saturated rings. The monoisotopic (exact) mass is 249 g/mol. The van der Waals surface area contributed by atoms with Gasteiger partial charge in [0.1, 0.15) is 0 Å². The van der Waals surface area contributed by atoms with Crippen molar-refractivity contribution in [3.05, 3.63) is 82.3 Å². The summed E-state index contributed by atoms with van der Waals surface area (Å²) in [5.41, 5.74) is 0.521. The molecular weight excluding hydrogens is 238 g/mol. The summed E-state index contributed by atoms with van der Waals surface area (Å²) in [5.74, 6) is -0.271. The molecule has 2 aromatic carbocycles. The molecule has 3 nitrogen and oxygen atoms in total. The number of Topliss-reactive ketones (excluding diaryl/α,β-unsaturated/α-hetero) is 1. The maximum absolute atomic E-state index is 12.6. The van der Waals surface area contributed by atoms with Gasteiger partial charge in [-0.15, -0.1) is 4.91 Å². The second kappa shape index (κ2) is 4.28.